The zero-order chi connectivity index (χ0) is 14.4. The Bertz CT molecular complexity index is 555. The predicted molar refractivity (Wildman–Crippen MR) is 87.5 cm³/mol. The van der Waals surface area contributed by atoms with E-state index in [0.29, 0.717) is 6.54 Å². The van der Waals surface area contributed by atoms with E-state index >= 15 is 0 Å². The Balaban J connectivity index is 1.85. The summed E-state index contributed by atoms with van der Waals surface area (Å²) in [4.78, 5) is 16.4. The Hall–Kier alpha value is -1.30. The minimum Gasteiger partial charge on any atom is -0.325 e. The third kappa shape index (κ3) is 4.67. The minimum atomic E-state index is 0.0160. The Kier molecular flexibility index (Phi) is 5.64. The smallest absolute Gasteiger partial charge is 0.238 e. The number of nitrogens with zero attached hydrogens (tertiary/aromatic N) is 1. The third-order valence-corrected chi connectivity index (χ3v) is 4.36. The lowest BCUT2D eigenvalue weighted by molar-refractivity contribution is -0.117. The van der Waals surface area contributed by atoms with E-state index in [2.05, 4.69) is 16.8 Å². The summed E-state index contributed by atoms with van der Waals surface area (Å²) in [7, 11) is 1.96. The van der Waals surface area contributed by atoms with Crippen molar-refractivity contribution in [1.82, 2.24) is 4.90 Å². The van der Waals surface area contributed by atoms with Crippen LogP contribution >= 0.6 is 23.1 Å². The van der Waals surface area contributed by atoms with Gasteiger partial charge in [0.1, 0.15) is 0 Å². The van der Waals surface area contributed by atoms with Crippen LogP contribution in [0.5, 0.6) is 0 Å². The molecule has 0 aliphatic rings. The first-order chi connectivity index (χ1) is 9.67. The molecule has 2 rings (SSSR count). The molecule has 0 atom stereocenters. The van der Waals surface area contributed by atoms with E-state index in [9.17, 15) is 4.79 Å². The van der Waals surface area contributed by atoms with Gasteiger partial charge in [0.2, 0.25) is 5.91 Å². The first-order valence-corrected chi connectivity index (χ1v) is 8.42. The fourth-order valence-electron chi connectivity index (χ4n) is 1.87. The molecule has 2 aromatic rings. The van der Waals surface area contributed by atoms with Crippen LogP contribution in [0.1, 0.15) is 4.88 Å². The van der Waals surface area contributed by atoms with E-state index in [0.717, 1.165) is 17.1 Å². The number of thiophene rings is 1. The lowest BCUT2D eigenvalue weighted by Crippen LogP contribution is -2.29. The van der Waals surface area contributed by atoms with Crippen molar-refractivity contribution in [3.63, 3.8) is 0 Å². The van der Waals surface area contributed by atoms with Crippen LogP contribution in [0.3, 0.4) is 0 Å². The number of carbonyl (C=O) groups is 1. The molecule has 0 bridgehead atoms. The molecule has 0 fully saturated rings. The summed E-state index contributed by atoms with van der Waals surface area (Å²) < 4.78 is 0. The Labute approximate surface area is 128 Å². The van der Waals surface area contributed by atoms with Crippen molar-refractivity contribution in [3.05, 3.63) is 46.7 Å². The van der Waals surface area contributed by atoms with Crippen molar-refractivity contribution in [2.24, 2.45) is 0 Å². The molecule has 0 saturated heterocycles. The molecular formula is C15H18N2OS2. The zero-order valence-electron chi connectivity index (χ0n) is 11.6. The van der Waals surface area contributed by atoms with Crippen molar-refractivity contribution in [1.29, 1.82) is 0 Å². The first-order valence-electron chi connectivity index (χ1n) is 6.32. The number of likely N-dealkylation sites (N-methyl/N-ethyl adjacent to an activating group) is 1. The molecule has 0 spiro atoms. The topological polar surface area (TPSA) is 32.3 Å². The van der Waals surface area contributed by atoms with Crippen LogP contribution in [0, 0.1) is 0 Å². The number of hydrogen-bond donors (Lipinski definition) is 1. The highest BCUT2D eigenvalue weighted by Crippen LogP contribution is 2.19. The second-order valence-corrected chi connectivity index (χ2v) is 6.44. The van der Waals surface area contributed by atoms with E-state index < -0.39 is 0 Å². The van der Waals surface area contributed by atoms with Gasteiger partial charge in [0, 0.05) is 22.0 Å². The monoisotopic (exact) mass is 306 g/mol. The Morgan fingerprint density at radius 2 is 2.20 bits per heavy atom. The SMILES string of the molecule is CSc1cccc(NC(=O)CN(C)Cc2cccs2)c1. The maximum Gasteiger partial charge on any atom is 0.238 e. The number of carbonyl (C=O) groups excluding carboxylic acids is 1. The second kappa shape index (κ2) is 7.47. The van der Waals surface area contributed by atoms with Crippen LogP contribution in [0.25, 0.3) is 0 Å². The summed E-state index contributed by atoms with van der Waals surface area (Å²) >= 11 is 3.38. The lowest BCUT2D eigenvalue weighted by Gasteiger charge is -2.15. The highest BCUT2D eigenvalue weighted by atomic mass is 32.2. The van der Waals surface area contributed by atoms with Crippen molar-refractivity contribution < 1.29 is 4.79 Å². The third-order valence-electron chi connectivity index (χ3n) is 2.77. The van der Waals surface area contributed by atoms with Crippen molar-refractivity contribution in [2.75, 3.05) is 25.2 Å². The molecule has 0 radical (unpaired) electrons. The first kappa shape index (κ1) is 15.1. The molecule has 0 saturated carbocycles. The fourth-order valence-corrected chi connectivity index (χ4v) is 3.11. The van der Waals surface area contributed by atoms with Crippen LogP contribution in [0.4, 0.5) is 5.69 Å². The summed E-state index contributed by atoms with van der Waals surface area (Å²) in [5, 5.41) is 4.99. The highest BCUT2D eigenvalue weighted by Gasteiger charge is 2.08. The maximum absolute atomic E-state index is 12.0. The van der Waals surface area contributed by atoms with E-state index in [1.54, 1.807) is 23.1 Å². The molecule has 0 aliphatic carbocycles. The quantitative estimate of drug-likeness (QED) is 0.829. The van der Waals surface area contributed by atoms with E-state index in [4.69, 9.17) is 0 Å². The summed E-state index contributed by atoms with van der Waals surface area (Å²) in [6, 6.07) is 12.0. The van der Waals surface area contributed by atoms with E-state index in [1.165, 1.54) is 4.88 Å². The van der Waals surface area contributed by atoms with Gasteiger partial charge in [-0.3, -0.25) is 9.69 Å². The summed E-state index contributed by atoms with van der Waals surface area (Å²) in [6.45, 7) is 1.19. The van der Waals surface area contributed by atoms with Crippen molar-refractivity contribution >= 4 is 34.7 Å². The highest BCUT2D eigenvalue weighted by molar-refractivity contribution is 7.98. The predicted octanol–water partition coefficient (Wildman–Crippen LogP) is 3.54. The van der Waals surface area contributed by atoms with Crippen LogP contribution < -0.4 is 5.32 Å². The largest absolute Gasteiger partial charge is 0.325 e. The van der Waals surface area contributed by atoms with E-state index in [1.807, 2.05) is 48.5 Å². The number of thioether (sulfide) groups is 1. The van der Waals surface area contributed by atoms with Crippen LogP contribution in [-0.2, 0) is 11.3 Å². The molecule has 106 valence electrons. The minimum absolute atomic E-state index is 0.0160. The van der Waals surface area contributed by atoms with Gasteiger partial charge in [-0.05, 0) is 42.9 Å². The molecule has 0 aliphatic heterocycles. The molecule has 1 heterocycles. The second-order valence-electron chi connectivity index (χ2n) is 4.53. The van der Waals surface area contributed by atoms with Gasteiger partial charge in [0.25, 0.3) is 0 Å². The molecular weight excluding hydrogens is 288 g/mol. The van der Waals surface area contributed by atoms with Crippen LogP contribution in [0.15, 0.2) is 46.7 Å². The van der Waals surface area contributed by atoms with Gasteiger partial charge in [-0.15, -0.1) is 23.1 Å². The molecule has 1 aromatic carbocycles. The summed E-state index contributed by atoms with van der Waals surface area (Å²) in [6.07, 6.45) is 2.02. The van der Waals surface area contributed by atoms with Gasteiger partial charge >= 0.3 is 0 Å². The zero-order valence-corrected chi connectivity index (χ0v) is 13.3. The van der Waals surface area contributed by atoms with Gasteiger partial charge in [-0.2, -0.15) is 0 Å². The molecule has 3 nitrogen and oxygen atoms in total. The Morgan fingerprint density at radius 3 is 2.90 bits per heavy atom. The van der Waals surface area contributed by atoms with Gasteiger partial charge in [-0.1, -0.05) is 12.1 Å². The molecule has 1 amide bonds. The normalized spacial score (nSPS) is 10.8. The van der Waals surface area contributed by atoms with Gasteiger partial charge in [-0.25, -0.2) is 0 Å². The van der Waals surface area contributed by atoms with E-state index in [-0.39, 0.29) is 5.91 Å². The van der Waals surface area contributed by atoms with Crippen molar-refractivity contribution in [2.45, 2.75) is 11.4 Å². The van der Waals surface area contributed by atoms with Crippen LogP contribution in [0.2, 0.25) is 0 Å². The molecule has 20 heavy (non-hydrogen) atoms. The molecule has 1 aromatic heterocycles. The number of hydrogen-bond acceptors (Lipinski definition) is 4. The molecule has 1 N–H and O–H groups in total. The Morgan fingerprint density at radius 1 is 1.35 bits per heavy atom. The number of nitrogens with one attached hydrogen (secondary N) is 1. The lowest BCUT2D eigenvalue weighted by atomic mass is 10.3. The average Bonchev–Trinajstić information content (AvgIpc) is 2.91. The fraction of sp³-hybridized carbons (Fsp3) is 0.267. The summed E-state index contributed by atoms with van der Waals surface area (Å²) in [5.74, 6) is 0.0160. The summed E-state index contributed by atoms with van der Waals surface area (Å²) in [5.41, 5.74) is 0.853. The average molecular weight is 306 g/mol. The molecule has 0 unspecified atom stereocenters. The number of rotatable bonds is 6. The van der Waals surface area contributed by atoms with Gasteiger partial charge < -0.3 is 5.32 Å². The number of benzene rings is 1. The molecule has 5 heteroatoms. The number of amides is 1. The standard InChI is InChI=1S/C15H18N2OS2/c1-17(10-14-7-4-8-20-14)11-15(18)16-12-5-3-6-13(9-12)19-2/h3-9H,10-11H2,1-2H3,(H,16,18). The van der Waals surface area contributed by atoms with Crippen molar-refractivity contribution in [3.8, 4) is 0 Å². The van der Waals surface area contributed by atoms with Gasteiger partial charge in [0.05, 0.1) is 6.54 Å². The van der Waals surface area contributed by atoms with Gasteiger partial charge in [0.15, 0.2) is 0 Å². The maximum atomic E-state index is 12.0. The number of anilines is 1. The van der Waals surface area contributed by atoms with Crippen LogP contribution in [-0.4, -0.2) is 30.7 Å².